The fraction of sp³-hybridized carbons (Fsp3) is 0.276. The fourth-order valence-electron chi connectivity index (χ4n) is 4.77. The topological polar surface area (TPSA) is 112 Å². The number of hydrogen-bond acceptors (Lipinski definition) is 7. The summed E-state index contributed by atoms with van der Waals surface area (Å²) in [7, 11) is 0. The minimum absolute atomic E-state index is 0.481. The van der Waals surface area contributed by atoms with E-state index in [1.54, 1.807) is 12.4 Å². The number of nitrogens with zero attached hydrogens (tertiary/aromatic N) is 5. The maximum absolute atomic E-state index is 11.1. The highest BCUT2D eigenvalue weighted by Gasteiger charge is 2.22. The van der Waals surface area contributed by atoms with Crippen LogP contribution in [0.4, 0.5) is 17.3 Å². The lowest BCUT2D eigenvalue weighted by Crippen LogP contribution is -2.50. The summed E-state index contributed by atoms with van der Waals surface area (Å²) in [5.41, 5.74) is 10.2. The number of β-amino-alcohol motifs (C(OH)–C–C–N with tert-alkyl or cyclic N) is 1. The number of anilines is 3. The van der Waals surface area contributed by atoms with Gasteiger partial charge in [0.25, 0.3) is 0 Å². The molecule has 0 aliphatic carbocycles. The van der Waals surface area contributed by atoms with Gasteiger partial charge in [-0.05, 0) is 67.4 Å². The molecule has 0 atom stereocenters. The largest absolute Gasteiger partial charge is 0.389 e. The maximum Gasteiger partial charge on any atom is 0.241 e. The smallest absolute Gasteiger partial charge is 0.241 e. The number of carbonyl (C=O) groups excluding carboxylic acids is 1. The predicted molar refractivity (Wildman–Crippen MR) is 151 cm³/mol. The van der Waals surface area contributed by atoms with E-state index < -0.39 is 11.5 Å². The molecule has 5 rings (SSSR count). The molecule has 2 aromatic carbocycles. The summed E-state index contributed by atoms with van der Waals surface area (Å²) >= 11 is 0. The van der Waals surface area contributed by atoms with E-state index in [9.17, 15) is 9.90 Å². The number of primary amides is 1. The third-order valence-electron chi connectivity index (χ3n) is 6.51. The lowest BCUT2D eigenvalue weighted by molar-refractivity contribution is -0.113. The van der Waals surface area contributed by atoms with E-state index >= 15 is 0 Å². The van der Waals surface area contributed by atoms with Gasteiger partial charge in [-0.25, -0.2) is 4.98 Å². The van der Waals surface area contributed by atoms with Gasteiger partial charge >= 0.3 is 0 Å². The lowest BCUT2D eigenvalue weighted by Gasteiger charge is -2.38. The van der Waals surface area contributed by atoms with Crippen LogP contribution in [0.5, 0.6) is 0 Å². The molecule has 0 bridgehead atoms. The van der Waals surface area contributed by atoms with Crippen LogP contribution in [0.1, 0.15) is 19.4 Å². The van der Waals surface area contributed by atoms with Crippen molar-refractivity contribution in [1.82, 2.24) is 19.3 Å². The number of hydrogen-bond donors (Lipinski definition) is 3. The second-order valence-electron chi connectivity index (χ2n) is 10.2. The van der Waals surface area contributed by atoms with E-state index in [0.29, 0.717) is 12.5 Å². The highest BCUT2D eigenvalue weighted by molar-refractivity contribution is 5.90. The summed E-state index contributed by atoms with van der Waals surface area (Å²) in [6, 6.07) is 18.2. The number of nitrogens with two attached hydrogens (primary N) is 1. The van der Waals surface area contributed by atoms with Gasteiger partial charge in [0, 0.05) is 61.9 Å². The number of benzene rings is 2. The molecule has 3 heterocycles. The predicted octanol–water partition coefficient (Wildman–Crippen LogP) is 3.53. The fourth-order valence-corrected chi connectivity index (χ4v) is 4.77. The van der Waals surface area contributed by atoms with Crippen molar-refractivity contribution in [2.45, 2.75) is 19.4 Å². The number of fused-ring (bicyclic) bond motifs is 1. The van der Waals surface area contributed by atoms with Crippen LogP contribution < -0.4 is 16.0 Å². The van der Waals surface area contributed by atoms with E-state index in [2.05, 4.69) is 32.2 Å². The molecule has 1 amide bonds. The van der Waals surface area contributed by atoms with Crippen molar-refractivity contribution in [3.05, 3.63) is 78.8 Å². The molecule has 9 heteroatoms. The van der Waals surface area contributed by atoms with Crippen LogP contribution >= 0.6 is 0 Å². The van der Waals surface area contributed by atoms with Crippen LogP contribution in [-0.4, -0.2) is 68.6 Å². The molecule has 1 aliphatic heterocycles. The first-order valence-corrected chi connectivity index (χ1v) is 12.7. The summed E-state index contributed by atoms with van der Waals surface area (Å²) in [6.07, 6.45) is 6.72. The third kappa shape index (κ3) is 6.19. The van der Waals surface area contributed by atoms with Gasteiger partial charge in [0.1, 0.15) is 12.0 Å². The Hall–Kier alpha value is -4.21. The molecule has 9 nitrogen and oxygen atoms in total. The molecule has 0 spiro atoms. The van der Waals surface area contributed by atoms with Crippen molar-refractivity contribution in [3.8, 4) is 11.1 Å². The van der Waals surface area contributed by atoms with Gasteiger partial charge in [0.05, 0.1) is 5.60 Å². The Bertz CT molecular complexity index is 1450. The van der Waals surface area contributed by atoms with Crippen molar-refractivity contribution in [2.75, 3.05) is 42.9 Å². The van der Waals surface area contributed by atoms with E-state index in [0.717, 1.165) is 54.2 Å². The molecule has 4 aromatic rings. The molecule has 196 valence electrons. The Morgan fingerprint density at radius 3 is 2.58 bits per heavy atom. The summed E-state index contributed by atoms with van der Waals surface area (Å²) in [4.78, 5) is 25.0. The van der Waals surface area contributed by atoms with E-state index in [1.807, 2.05) is 66.9 Å². The molecule has 0 saturated carbocycles. The van der Waals surface area contributed by atoms with Gasteiger partial charge in [-0.2, -0.15) is 4.98 Å². The Kier molecular flexibility index (Phi) is 7.13. The molecule has 38 heavy (non-hydrogen) atoms. The highest BCUT2D eigenvalue weighted by atomic mass is 16.3. The number of piperazine rings is 1. The Morgan fingerprint density at radius 1 is 1.11 bits per heavy atom. The van der Waals surface area contributed by atoms with Gasteiger partial charge in [-0.3, -0.25) is 14.1 Å². The van der Waals surface area contributed by atoms with Gasteiger partial charge < -0.3 is 21.1 Å². The second-order valence-corrected chi connectivity index (χ2v) is 10.2. The summed E-state index contributed by atoms with van der Waals surface area (Å²) < 4.78 is 1.88. The average Bonchev–Trinajstić information content (AvgIpc) is 3.31. The van der Waals surface area contributed by atoms with Crippen LogP contribution in [0.3, 0.4) is 0 Å². The Balaban J connectivity index is 1.28. The molecule has 0 radical (unpaired) electrons. The normalized spacial score (nSPS) is 14.9. The minimum atomic E-state index is -0.671. The zero-order valence-corrected chi connectivity index (χ0v) is 21.7. The lowest BCUT2D eigenvalue weighted by atomic mass is 10.1. The number of amides is 1. The van der Waals surface area contributed by atoms with Gasteiger partial charge in [0.2, 0.25) is 11.9 Å². The van der Waals surface area contributed by atoms with Gasteiger partial charge in [-0.15, -0.1) is 0 Å². The first kappa shape index (κ1) is 25.4. The Morgan fingerprint density at radius 2 is 1.87 bits per heavy atom. The Labute approximate surface area is 222 Å². The molecular formula is C29H33N7O2. The van der Waals surface area contributed by atoms with Crippen LogP contribution in [0.25, 0.3) is 22.9 Å². The van der Waals surface area contributed by atoms with Crippen molar-refractivity contribution >= 4 is 35.0 Å². The molecular weight excluding hydrogens is 478 g/mol. The molecule has 0 unspecified atom stereocenters. The van der Waals surface area contributed by atoms with Crippen LogP contribution in [0, 0.1) is 0 Å². The molecule has 4 N–H and O–H groups in total. The first-order chi connectivity index (χ1) is 18.2. The van der Waals surface area contributed by atoms with Crippen LogP contribution in [0.15, 0.2) is 73.2 Å². The average molecular weight is 512 g/mol. The van der Waals surface area contributed by atoms with Crippen molar-refractivity contribution in [3.63, 3.8) is 0 Å². The molecule has 1 fully saturated rings. The van der Waals surface area contributed by atoms with Crippen molar-refractivity contribution in [1.29, 1.82) is 0 Å². The number of aliphatic hydroxyl groups is 1. The third-order valence-corrected chi connectivity index (χ3v) is 6.51. The van der Waals surface area contributed by atoms with Crippen LogP contribution in [-0.2, 0) is 4.79 Å². The summed E-state index contributed by atoms with van der Waals surface area (Å²) in [6.45, 7) is 8.12. The van der Waals surface area contributed by atoms with E-state index in [4.69, 9.17) is 10.7 Å². The zero-order chi connectivity index (χ0) is 26.7. The number of carbonyl (C=O) groups is 1. The van der Waals surface area contributed by atoms with Crippen molar-refractivity contribution < 1.29 is 9.90 Å². The highest BCUT2D eigenvalue weighted by Crippen LogP contribution is 2.27. The maximum atomic E-state index is 11.1. The van der Waals surface area contributed by atoms with Gasteiger partial charge in [0.15, 0.2) is 0 Å². The van der Waals surface area contributed by atoms with Crippen LogP contribution in [0.2, 0.25) is 0 Å². The second kappa shape index (κ2) is 10.6. The minimum Gasteiger partial charge on any atom is -0.389 e. The standard InChI is InChI=1S/C29H33N7O2/c1-29(2,38)19-34-14-16-35(17-15-34)24-9-7-23(8-10-24)32-28-31-20-36-13-12-25(27(36)33-28)22-5-3-4-21(18-22)6-11-26(30)37/h3-13,18,20,38H,14-17,19H2,1-2H3,(H2,30,37)(H,32,33). The zero-order valence-electron chi connectivity index (χ0n) is 21.7. The van der Waals surface area contributed by atoms with E-state index in [1.165, 1.54) is 11.8 Å². The molecule has 2 aromatic heterocycles. The SMILES string of the molecule is CC(C)(O)CN1CCN(c2ccc(Nc3ncn4ccc(-c5cccc(C=CC(N)=O)c5)c4n3)cc2)CC1. The monoisotopic (exact) mass is 511 g/mol. The number of nitrogens with one attached hydrogen (secondary N) is 1. The molecule has 1 aliphatic rings. The van der Waals surface area contributed by atoms with Gasteiger partial charge in [-0.1, -0.05) is 18.2 Å². The van der Waals surface area contributed by atoms with Crippen molar-refractivity contribution in [2.24, 2.45) is 5.73 Å². The first-order valence-electron chi connectivity index (χ1n) is 12.7. The van der Waals surface area contributed by atoms with E-state index in [-0.39, 0.29) is 0 Å². The molecule has 1 saturated heterocycles. The summed E-state index contributed by atoms with van der Waals surface area (Å²) in [5.74, 6) is 0.0289. The number of aromatic nitrogens is 3. The number of rotatable bonds is 8. The quantitative estimate of drug-likeness (QED) is 0.310. The summed E-state index contributed by atoms with van der Waals surface area (Å²) in [5, 5.41) is 13.4.